The molecule has 0 aliphatic rings. The number of rotatable bonds is 20. The van der Waals surface area contributed by atoms with Gasteiger partial charge in [-0.25, -0.2) is 0 Å². The van der Waals surface area contributed by atoms with Gasteiger partial charge in [-0.05, 0) is 49.2 Å². The number of hydrogen-bond acceptors (Lipinski definition) is 6. The lowest BCUT2D eigenvalue weighted by Gasteiger charge is -2.14. The van der Waals surface area contributed by atoms with Crippen LogP contribution in [0.5, 0.6) is 11.5 Å². The number of nitriles is 2. The lowest BCUT2D eigenvalue weighted by atomic mass is 10.1. The van der Waals surface area contributed by atoms with Gasteiger partial charge in [-0.3, -0.25) is 0 Å². The summed E-state index contributed by atoms with van der Waals surface area (Å²) < 4.78 is 12.3. The molecule has 3 aromatic carbocycles. The number of ether oxygens (including phenoxy) is 2. The van der Waals surface area contributed by atoms with Crippen molar-refractivity contribution in [2.75, 3.05) is 13.2 Å². The highest BCUT2D eigenvalue weighted by Crippen LogP contribution is 2.42. The van der Waals surface area contributed by atoms with E-state index in [-0.39, 0.29) is 0 Å². The van der Waals surface area contributed by atoms with Gasteiger partial charge in [0.05, 0.1) is 34.1 Å². The van der Waals surface area contributed by atoms with Crippen LogP contribution in [0.4, 0.5) is 0 Å². The Bertz CT molecular complexity index is 1220. The van der Waals surface area contributed by atoms with E-state index in [1.165, 1.54) is 87.7 Å². The summed E-state index contributed by atoms with van der Waals surface area (Å²) in [7, 11) is 0. The van der Waals surface area contributed by atoms with Crippen LogP contribution in [0.25, 0.3) is 0 Å². The Labute approximate surface area is 261 Å². The van der Waals surface area contributed by atoms with Crippen LogP contribution in [0.3, 0.4) is 0 Å². The van der Waals surface area contributed by atoms with Crippen molar-refractivity contribution in [2.45, 2.75) is 110 Å². The van der Waals surface area contributed by atoms with E-state index in [4.69, 9.17) is 9.47 Å². The van der Waals surface area contributed by atoms with Crippen LogP contribution in [0.15, 0.2) is 80.2 Å². The van der Waals surface area contributed by atoms with Crippen LogP contribution in [0.1, 0.15) is 102 Å². The van der Waals surface area contributed by atoms with Gasteiger partial charge < -0.3 is 9.47 Å². The summed E-state index contributed by atoms with van der Waals surface area (Å²) in [6.07, 6.45) is 14.6. The third-order valence-corrected chi connectivity index (χ3v) is 9.20. The third-order valence-electron chi connectivity index (χ3n) is 6.97. The summed E-state index contributed by atoms with van der Waals surface area (Å²) >= 11 is 3.02. The molecule has 0 bridgehead atoms. The summed E-state index contributed by atoms with van der Waals surface area (Å²) in [6.45, 7) is 5.82. The minimum absolute atomic E-state index is 0.485. The topological polar surface area (TPSA) is 66.0 Å². The highest BCUT2D eigenvalue weighted by molar-refractivity contribution is 8.00. The Balaban J connectivity index is 1.71. The van der Waals surface area contributed by atoms with E-state index in [1.807, 2.05) is 54.6 Å². The molecule has 0 fully saturated rings. The smallest absolute Gasteiger partial charge is 0.133 e. The highest BCUT2D eigenvalue weighted by Gasteiger charge is 2.16. The van der Waals surface area contributed by atoms with Gasteiger partial charge in [-0.2, -0.15) is 10.5 Å². The first kappa shape index (κ1) is 33.4. The normalized spacial score (nSPS) is 10.7. The molecule has 3 rings (SSSR count). The molecule has 6 heteroatoms. The zero-order valence-electron chi connectivity index (χ0n) is 25.2. The molecule has 0 saturated carbocycles. The molecular weight excluding hydrogens is 557 g/mol. The predicted molar refractivity (Wildman–Crippen MR) is 175 cm³/mol. The molecule has 0 radical (unpaired) electrons. The molecule has 222 valence electrons. The highest BCUT2D eigenvalue weighted by atomic mass is 32.2. The summed E-state index contributed by atoms with van der Waals surface area (Å²) in [6, 6.07) is 24.2. The van der Waals surface area contributed by atoms with Gasteiger partial charge in [0.25, 0.3) is 0 Å². The van der Waals surface area contributed by atoms with E-state index < -0.39 is 0 Å². The Kier molecular flexibility index (Phi) is 15.9. The first-order valence-electron chi connectivity index (χ1n) is 15.5. The van der Waals surface area contributed by atoms with Gasteiger partial charge in [-0.1, -0.05) is 126 Å². The van der Waals surface area contributed by atoms with Crippen molar-refractivity contribution in [3.63, 3.8) is 0 Å². The second kappa shape index (κ2) is 20.0. The van der Waals surface area contributed by atoms with E-state index in [0.29, 0.717) is 24.3 Å². The fraction of sp³-hybridized carbons (Fsp3) is 0.444. The van der Waals surface area contributed by atoms with E-state index in [1.54, 1.807) is 6.07 Å². The van der Waals surface area contributed by atoms with Crippen molar-refractivity contribution >= 4 is 23.5 Å². The SMILES string of the molecule is CCCCCCCCOc1ccccc1Sc1cc(Sc2ccccc2OCCCCCCCC)c(C#N)cc1C#N. The van der Waals surface area contributed by atoms with Crippen molar-refractivity contribution in [2.24, 2.45) is 0 Å². The first-order valence-corrected chi connectivity index (χ1v) is 17.1. The number of benzene rings is 3. The second-order valence-corrected chi connectivity index (χ2v) is 12.6. The van der Waals surface area contributed by atoms with Crippen LogP contribution in [0, 0.1) is 22.7 Å². The van der Waals surface area contributed by atoms with Gasteiger partial charge in [-0.15, -0.1) is 0 Å². The lowest BCUT2D eigenvalue weighted by molar-refractivity contribution is 0.297. The number of para-hydroxylation sites is 2. The lowest BCUT2D eigenvalue weighted by Crippen LogP contribution is -1.99. The van der Waals surface area contributed by atoms with Gasteiger partial charge in [0.1, 0.15) is 23.6 Å². The third kappa shape index (κ3) is 11.3. The second-order valence-electron chi connectivity index (χ2n) is 10.4. The monoisotopic (exact) mass is 600 g/mol. The van der Waals surface area contributed by atoms with Crippen LogP contribution in [-0.4, -0.2) is 13.2 Å². The zero-order valence-corrected chi connectivity index (χ0v) is 26.8. The predicted octanol–water partition coefficient (Wildman–Crippen LogP) is 11.2. The molecular formula is C36H44N2O2S2. The van der Waals surface area contributed by atoms with Crippen molar-refractivity contribution in [1.82, 2.24) is 0 Å². The largest absolute Gasteiger partial charge is 0.492 e. The number of unbranched alkanes of at least 4 members (excludes halogenated alkanes) is 10. The fourth-order valence-corrected chi connectivity index (χ4v) is 6.66. The zero-order chi connectivity index (χ0) is 29.8. The fourth-order valence-electron chi connectivity index (χ4n) is 4.58. The molecule has 0 aromatic heterocycles. The average molecular weight is 601 g/mol. The van der Waals surface area contributed by atoms with Gasteiger partial charge in [0.15, 0.2) is 0 Å². The van der Waals surface area contributed by atoms with Gasteiger partial charge >= 0.3 is 0 Å². The maximum atomic E-state index is 9.93. The molecule has 0 amide bonds. The Morgan fingerprint density at radius 2 is 0.929 bits per heavy atom. The van der Waals surface area contributed by atoms with Gasteiger partial charge in [0.2, 0.25) is 0 Å². The molecule has 4 nitrogen and oxygen atoms in total. The molecule has 42 heavy (non-hydrogen) atoms. The molecule has 0 saturated heterocycles. The summed E-state index contributed by atoms with van der Waals surface area (Å²) in [5.41, 5.74) is 0.971. The van der Waals surface area contributed by atoms with E-state index in [2.05, 4.69) is 26.0 Å². The Hall–Kier alpha value is -3.06. The van der Waals surface area contributed by atoms with Crippen molar-refractivity contribution < 1.29 is 9.47 Å². The van der Waals surface area contributed by atoms with Crippen molar-refractivity contribution in [3.8, 4) is 23.6 Å². The standard InChI is InChI=1S/C36H44N2O2S2/c1-3-5-7-9-11-17-23-39-31-19-13-15-21-33(31)41-35-26-36(30(28-38)25-29(35)27-37)42-34-22-16-14-20-32(34)40-24-18-12-10-8-6-4-2/h13-16,19-22,25-26H,3-12,17-18,23-24H2,1-2H3. The average Bonchev–Trinajstić information content (AvgIpc) is 3.02. The molecule has 0 aliphatic carbocycles. The molecule has 0 spiro atoms. The molecule has 0 heterocycles. The van der Waals surface area contributed by atoms with E-state index in [9.17, 15) is 10.5 Å². The van der Waals surface area contributed by atoms with Crippen LogP contribution in [0.2, 0.25) is 0 Å². The Morgan fingerprint density at radius 3 is 1.36 bits per heavy atom. The van der Waals surface area contributed by atoms with E-state index in [0.717, 1.165) is 43.9 Å². The number of nitrogens with zero attached hydrogens (tertiary/aromatic N) is 2. The van der Waals surface area contributed by atoms with Crippen LogP contribution in [-0.2, 0) is 0 Å². The Morgan fingerprint density at radius 1 is 0.524 bits per heavy atom. The van der Waals surface area contributed by atoms with Gasteiger partial charge in [0, 0.05) is 9.79 Å². The molecule has 0 N–H and O–H groups in total. The van der Waals surface area contributed by atoms with Crippen LogP contribution < -0.4 is 9.47 Å². The first-order chi connectivity index (χ1) is 20.7. The summed E-state index contributed by atoms with van der Waals surface area (Å²) in [5, 5.41) is 19.9. The van der Waals surface area contributed by atoms with Crippen LogP contribution >= 0.6 is 23.5 Å². The molecule has 3 aromatic rings. The summed E-state index contributed by atoms with van der Waals surface area (Å²) in [4.78, 5) is 3.53. The maximum absolute atomic E-state index is 9.93. The number of hydrogen-bond donors (Lipinski definition) is 0. The maximum Gasteiger partial charge on any atom is 0.133 e. The molecule has 0 unspecified atom stereocenters. The molecule has 0 atom stereocenters. The minimum atomic E-state index is 0.485. The molecule has 0 aliphatic heterocycles. The quantitative estimate of drug-likeness (QED) is 0.120. The van der Waals surface area contributed by atoms with E-state index >= 15 is 0 Å². The van der Waals surface area contributed by atoms with Crippen molar-refractivity contribution in [3.05, 3.63) is 71.8 Å². The van der Waals surface area contributed by atoms with Crippen molar-refractivity contribution in [1.29, 1.82) is 10.5 Å². The minimum Gasteiger partial charge on any atom is -0.492 e. The summed E-state index contributed by atoms with van der Waals surface area (Å²) in [5.74, 6) is 1.65.